The van der Waals surface area contributed by atoms with Crippen LogP contribution >= 0.6 is 23.2 Å². The van der Waals surface area contributed by atoms with Crippen LogP contribution in [0.3, 0.4) is 0 Å². The Morgan fingerprint density at radius 2 is 1.54 bits per heavy atom. The number of alkyl halides is 3. The van der Waals surface area contributed by atoms with Gasteiger partial charge in [0.1, 0.15) is 5.82 Å². The second kappa shape index (κ2) is 11.6. The molecule has 0 unspecified atom stereocenters. The molecule has 0 saturated heterocycles. The molecule has 0 spiro atoms. The average molecular weight is 593 g/mol. The minimum absolute atomic E-state index is 0.199. The molecule has 0 aliphatic rings. The third-order valence-electron chi connectivity index (χ3n) is 6.44. The number of nitrogens with zero attached hydrogens (tertiary/aromatic N) is 2. The Morgan fingerprint density at radius 3 is 2.20 bits per heavy atom. The van der Waals surface area contributed by atoms with Gasteiger partial charge in [0.15, 0.2) is 0 Å². The summed E-state index contributed by atoms with van der Waals surface area (Å²) in [4.78, 5) is 16.0. The van der Waals surface area contributed by atoms with E-state index < -0.39 is 17.7 Å². The molecule has 206 valence electrons. The molecule has 1 heterocycles. The van der Waals surface area contributed by atoms with E-state index in [1.54, 1.807) is 54.6 Å². The van der Waals surface area contributed by atoms with Crippen molar-refractivity contribution in [3.8, 4) is 22.4 Å². The summed E-state index contributed by atoms with van der Waals surface area (Å²) in [6.45, 7) is 0.433. The number of hydrogen-bond acceptors (Lipinski definition) is 2. The quantitative estimate of drug-likeness (QED) is 0.205. The normalized spacial score (nSPS) is 11.7. The van der Waals surface area contributed by atoms with Crippen LogP contribution in [0.2, 0.25) is 10.0 Å². The number of carbonyl (C=O) groups is 1. The minimum atomic E-state index is -4.41. The molecule has 4 aromatic carbocycles. The van der Waals surface area contributed by atoms with Crippen LogP contribution < -0.4 is 0 Å². The Bertz CT molecular complexity index is 1740. The highest BCUT2D eigenvalue weighted by Crippen LogP contribution is 2.32. The van der Waals surface area contributed by atoms with Crippen LogP contribution in [0, 0.1) is 0 Å². The van der Waals surface area contributed by atoms with Crippen molar-refractivity contribution in [2.75, 3.05) is 0 Å². The fourth-order valence-electron chi connectivity index (χ4n) is 4.27. The van der Waals surface area contributed by atoms with Gasteiger partial charge in [0, 0.05) is 18.3 Å². The molecule has 0 radical (unpaired) electrons. The highest BCUT2D eigenvalue weighted by atomic mass is 35.5. The van der Waals surface area contributed by atoms with Crippen LogP contribution in [0.25, 0.3) is 34.5 Å². The minimum Gasteiger partial charge on any atom is -0.478 e. The molecule has 0 bridgehead atoms. The molecule has 0 fully saturated rings. The van der Waals surface area contributed by atoms with Gasteiger partial charge in [0.05, 0.1) is 26.9 Å². The van der Waals surface area contributed by atoms with Crippen LogP contribution in [0.4, 0.5) is 13.2 Å². The fourth-order valence-corrected chi connectivity index (χ4v) is 4.56. The molecule has 0 saturated carbocycles. The average Bonchev–Trinajstić information content (AvgIpc) is 3.36. The maximum atomic E-state index is 13.1. The highest BCUT2D eigenvalue weighted by molar-refractivity contribution is 6.42. The van der Waals surface area contributed by atoms with Gasteiger partial charge in [0.25, 0.3) is 0 Å². The number of carboxylic acid groups (broad SMARTS) is 1. The lowest BCUT2D eigenvalue weighted by Crippen LogP contribution is -2.04. The Hall–Kier alpha value is -4.33. The maximum absolute atomic E-state index is 13.1. The molecule has 1 N–H and O–H groups in total. The smallest absolute Gasteiger partial charge is 0.416 e. The zero-order valence-corrected chi connectivity index (χ0v) is 22.8. The zero-order valence-electron chi connectivity index (χ0n) is 21.2. The van der Waals surface area contributed by atoms with Crippen LogP contribution in [-0.2, 0) is 12.7 Å². The molecular formula is C32H21Cl2F3N2O2. The lowest BCUT2D eigenvalue weighted by molar-refractivity contribution is -0.137. The summed E-state index contributed by atoms with van der Waals surface area (Å²) in [5.74, 6) is -0.362. The number of rotatable bonds is 7. The van der Waals surface area contributed by atoms with Crippen molar-refractivity contribution < 1.29 is 23.1 Å². The van der Waals surface area contributed by atoms with Crippen molar-refractivity contribution in [1.82, 2.24) is 9.55 Å². The summed E-state index contributed by atoms with van der Waals surface area (Å²) in [7, 11) is 0. The van der Waals surface area contributed by atoms with Crippen molar-refractivity contribution in [3.63, 3.8) is 0 Å². The topological polar surface area (TPSA) is 55.1 Å². The molecule has 0 aliphatic carbocycles. The number of carboxylic acids is 1. The van der Waals surface area contributed by atoms with Crippen LogP contribution in [0.1, 0.15) is 32.9 Å². The van der Waals surface area contributed by atoms with Crippen molar-refractivity contribution in [2.45, 2.75) is 12.7 Å². The van der Waals surface area contributed by atoms with E-state index in [2.05, 4.69) is 0 Å². The van der Waals surface area contributed by atoms with Gasteiger partial charge in [-0.15, -0.1) is 0 Å². The number of hydrogen-bond donors (Lipinski definition) is 1. The number of aromatic carboxylic acids is 1. The van der Waals surface area contributed by atoms with Gasteiger partial charge >= 0.3 is 12.1 Å². The molecule has 5 aromatic rings. The lowest BCUT2D eigenvalue weighted by Gasteiger charge is -2.09. The number of imidazole rings is 1. The maximum Gasteiger partial charge on any atom is 0.416 e. The van der Waals surface area contributed by atoms with E-state index in [9.17, 15) is 23.1 Å². The van der Waals surface area contributed by atoms with Crippen molar-refractivity contribution >= 4 is 41.3 Å². The van der Waals surface area contributed by atoms with E-state index in [-0.39, 0.29) is 5.56 Å². The summed E-state index contributed by atoms with van der Waals surface area (Å²) in [5.41, 5.74) is 3.81. The first kappa shape index (κ1) is 28.2. The molecule has 1 aromatic heterocycles. The molecular weight excluding hydrogens is 572 g/mol. The summed E-state index contributed by atoms with van der Waals surface area (Å²) in [6, 6.07) is 24.3. The standard InChI is InChI=1S/C32H21Cl2F3N2O2/c33-27-14-13-25(17-28(27)34)29-19-39(18-21-6-11-23(12-7-21)31(40)41)30(38-29)15-8-20-4-9-22(10-5-20)24-2-1-3-26(16-24)32(35,36)37/h1-17,19H,18H2,(H,40,41)/b15-8+. The first-order valence-electron chi connectivity index (χ1n) is 12.4. The molecule has 41 heavy (non-hydrogen) atoms. The van der Waals surface area contributed by atoms with E-state index in [1.807, 2.05) is 41.1 Å². The van der Waals surface area contributed by atoms with Crippen molar-refractivity contribution in [2.24, 2.45) is 0 Å². The molecule has 9 heteroatoms. The second-order valence-electron chi connectivity index (χ2n) is 9.28. The largest absolute Gasteiger partial charge is 0.478 e. The second-order valence-corrected chi connectivity index (χ2v) is 10.1. The number of aromatic nitrogens is 2. The fraction of sp³-hybridized carbons (Fsp3) is 0.0625. The number of benzene rings is 4. The molecule has 0 aliphatic heterocycles. The zero-order chi connectivity index (χ0) is 29.1. The third-order valence-corrected chi connectivity index (χ3v) is 7.17. The van der Waals surface area contributed by atoms with Gasteiger partial charge < -0.3 is 9.67 Å². The summed E-state index contributed by atoms with van der Waals surface area (Å²) in [5, 5.41) is 10.0. The van der Waals surface area contributed by atoms with E-state index in [0.29, 0.717) is 39.2 Å². The van der Waals surface area contributed by atoms with Crippen LogP contribution in [0.15, 0.2) is 97.2 Å². The van der Waals surface area contributed by atoms with Gasteiger partial charge in [-0.3, -0.25) is 0 Å². The number of halogens is 5. The van der Waals surface area contributed by atoms with E-state index >= 15 is 0 Å². The van der Waals surface area contributed by atoms with Crippen molar-refractivity contribution in [3.05, 3.63) is 135 Å². The van der Waals surface area contributed by atoms with E-state index in [0.717, 1.165) is 28.8 Å². The predicted octanol–water partition coefficient (Wildman–Crippen LogP) is 9.46. The van der Waals surface area contributed by atoms with Crippen LogP contribution in [-0.4, -0.2) is 20.6 Å². The summed E-state index contributed by atoms with van der Waals surface area (Å²) in [6.07, 6.45) is 1.17. The lowest BCUT2D eigenvalue weighted by atomic mass is 10.0. The molecule has 4 nitrogen and oxygen atoms in total. The molecule has 5 rings (SSSR count). The van der Waals surface area contributed by atoms with Gasteiger partial charge in [-0.2, -0.15) is 13.2 Å². The van der Waals surface area contributed by atoms with E-state index in [1.165, 1.54) is 6.07 Å². The Kier molecular flexibility index (Phi) is 8.01. The first-order chi connectivity index (χ1) is 19.6. The third kappa shape index (κ3) is 6.70. The van der Waals surface area contributed by atoms with Gasteiger partial charge in [0.2, 0.25) is 0 Å². The molecule has 0 amide bonds. The monoisotopic (exact) mass is 592 g/mol. The van der Waals surface area contributed by atoms with E-state index in [4.69, 9.17) is 28.2 Å². The van der Waals surface area contributed by atoms with Crippen molar-refractivity contribution in [1.29, 1.82) is 0 Å². The first-order valence-corrected chi connectivity index (χ1v) is 13.1. The Morgan fingerprint density at radius 1 is 0.829 bits per heavy atom. The van der Waals surface area contributed by atoms with Crippen LogP contribution in [0.5, 0.6) is 0 Å². The van der Waals surface area contributed by atoms with Gasteiger partial charge in [-0.1, -0.05) is 83.9 Å². The molecule has 0 atom stereocenters. The summed E-state index contributed by atoms with van der Waals surface area (Å²) >= 11 is 12.3. The summed E-state index contributed by atoms with van der Waals surface area (Å²) < 4.78 is 41.3. The SMILES string of the molecule is O=C(O)c1ccc(Cn2cc(-c3ccc(Cl)c(Cl)c3)nc2/C=C/c2ccc(-c3cccc(C(F)(F)F)c3)cc2)cc1. The van der Waals surface area contributed by atoms with Gasteiger partial charge in [-0.05, 0) is 64.7 Å². The predicted molar refractivity (Wildman–Crippen MR) is 156 cm³/mol. The Balaban J connectivity index is 1.44. The highest BCUT2D eigenvalue weighted by Gasteiger charge is 2.30. The van der Waals surface area contributed by atoms with Gasteiger partial charge in [-0.25, -0.2) is 9.78 Å². The Labute approximate surface area is 243 Å².